The molecule has 0 heterocycles. The summed E-state index contributed by atoms with van der Waals surface area (Å²) >= 11 is 6.00. The molecule has 2 aromatic rings. The van der Waals surface area contributed by atoms with Crippen molar-refractivity contribution < 1.29 is 10.2 Å². The predicted octanol–water partition coefficient (Wildman–Crippen LogP) is 2.81. The highest BCUT2D eigenvalue weighted by molar-refractivity contribution is 6.30. The van der Waals surface area contributed by atoms with Crippen molar-refractivity contribution in [2.24, 2.45) is 0 Å². The molecule has 19 heavy (non-hydrogen) atoms. The zero-order valence-corrected chi connectivity index (χ0v) is 11.3. The summed E-state index contributed by atoms with van der Waals surface area (Å²) in [6, 6.07) is 17.1. The van der Waals surface area contributed by atoms with Gasteiger partial charge in [0, 0.05) is 10.4 Å². The molecule has 0 unspecified atom stereocenters. The molecule has 0 fully saturated rings. The van der Waals surface area contributed by atoms with Crippen LogP contribution in [0.25, 0.3) is 0 Å². The molecule has 0 aliphatic carbocycles. The van der Waals surface area contributed by atoms with E-state index in [1.54, 1.807) is 12.1 Å². The van der Waals surface area contributed by atoms with Crippen LogP contribution in [-0.4, -0.2) is 23.4 Å². The molecule has 0 bridgehead atoms. The standard InChI is InChI=1S/C16H17ClO2/c17-15-8-4-7-14(9-15)16(11-18,12-19)10-13-5-2-1-3-6-13/h1-9,18-19H,10-12H2. The summed E-state index contributed by atoms with van der Waals surface area (Å²) in [6.07, 6.45) is 0.571. The van der Waals surface area contributed by atoms with Crippen molar-refractivity contribution in [3.05, 3.63) is 70.7 Å². The maximum atomic E-state index is 9.78. The van der Waals surface area contributed by atoms with E-state index in [2.05, 4.69) is 0 Å². The van der Waals surface area contributed by atoms with Crippen LogP contribution in [-0.2, 0) is 11.8 Å². The Labute approximate surface area is 118 Å². The number of halogens is 1. The van der Waals surface area contributed by atoms with E-state index in [0.717, 1.165) is 11.1 Å². The molecule has 0 aliphatic heterocycles. The molecule has 0 aliphatic rings. The number of hydrogen-bond acceptors (Lipinski definition) is 2. The molecule has 0 saturated heterocycles. The van der Waals surface area contributed by atoms with E-state index < -0.39 is 5.41 Å². The third kappa shape index (κ3) is 3.16. The summed E-state index contributed by atoms with van der Waals surface area (Å²) in [5.74, 6) is 0. The van der Waals surface area contributed by atoms with Crippen molar-refractivity contribution in [2.75, 3.05) is 13.2 Å². The number of aliphatic hydroxyl groups is 2. The summed E-state index contributed by atoms with van der Waals surface area (Å²) in [5, 5.41) is 20.2. The fraction of sp³-hybridized carbons (Fsp3) is 0.250. The first-order chi connectivity index (χ1) is 9.20. The minimum Gasteiger partial charge on any atom is -0.395 e. The molecular weight excluding hydrogens is 260 g/mol. The van der Waals surface area contributed by atoms with Crippen molar-refractivity contribution in [3.63, 3.8) is 0 Å². The molecule has 0 saturated carbocycles. The van der Waals surface area contributed by atoms with Crippen LogP contribution in [0.15, 0.2) is 54.6 Å². The summed E-state index contributed by atoms with van der Waals surface area (Å²) in [7, 11) is 0. The largest absolute Gasteiger partial charge is 0.395 e. The van der Waals surface area contributed by atoms with Crippen LogP contribution in [0.2, 0.25) is 5.02 Å². The van der Waals surface area contributed by atoms with Gasteiger partial charge in [0.2, 0.25) is 0 Å². The molecule has 3 heteroatoms. The third-order valence-corrected chi connectivity index (χ3v) is 3.66. The Morgan fingerprint density at radius 1 is 0.895 bits per heavy atom. The lowest BCUT2D eigenvalue weighted by Gasteiger charge is -2.30. The highest BCUT2D eigenvalue weighted by Crippen LogP contribution is 2.29. The van der Waals surface area contributed by atoms with E-state index in [9.17, 15) is 10.2 Å². The first-order valence-corrected chi connectivity index (χ1v) is 6.60. The van der Waals surface area contributed by atoms with E-state index in [1.807, 2.05) is 42.5 Å². The average Bonchev–Trinajstić information content (AvgIpc) is 2.46. The van der Waals surface area contributed by atoms with Crippen LogP contribution < -0.4 is 0 Å². The molecule has 100 valence electrons. The quantitative estimate of drug-likeness (QED) is 0.882. The fourth-order valence-corrected chi connectivity index (χ4v) is 2.44. The number of rotatable bonds is 5. The zero-order chi connectivity index (χ0) is 13.7. The van der Waals surface area contributed by atoms with Crippen molar-refractivity contribution in [1.29, 1.82) is 0 Å². The Morgan fingerprint density at radius 3 is 2.16 bits per heavy atom. The minimum absolute atomic E-state index is 0.126. The first-order valence-electron chi connectivity index (χ1n) is 6.22. The number of aliphatic hydroxyl groups excluding tert-OH is 2. The van der Waals surface area contributed by atoms with E-state index in [1.165, 1.54) is 0 Å². The van der Waals surface area contributed by atoms with Gasteiger partial charge in [-0.2, -0.15) is 0 Å². The molecule has 0 amide bonds. The molecule has 2 N–H and O–H groups in total. The van der Waals surface area contributed by atoms with Crippen LogP contribution >= 0.6 is 11.6 Å². The predicted molar refractivity (Wildman–Crippen MR) is 77.4 cm³/mol. The third-order valence-electron chi connectivity index (χ3n) is 3.43. The average molecular weight is 277 g/mol. The van der Waals surface area contributed by atoms with Crippen LogP contribution in [0.5, 0.6) is 0 Å². The van der Waals surface area contributed by atoms with Crippen LogP contribution in [0, 0.1) is 0 Å². The van der Waals surface area contributed by atoms with Crippen molar-refractivity contribution in [3.8, 4) is 0 Å². The van der Waals surface area contributed by atoms with Gasteiger partial charge in [0.25, 0.3) is 0 Å². The van der Waals surface area contributed by atoms with Gasteiger partial charge in [0.1, 0.15) is 0 Å². The molecular formula is C16H17ClO2. The lowest BCUT2D eigenvalue weighted by molar-refractivity contribution is 0.116. The van der Waals surface area contributed by atoms with Gasteiger partial charge in [-0.25, -0.2) is 0 Å². The van der Waals surface area contributed by atoms with Crippen LogP contribution in [0.1, 0.15) is 11.1 Å². The Hall–Kier alpha value is -1.35. The van der Waals surface area contributed by atoms with Gasteiger partial charge in [0.15, 0.2) is 0 Å². The SMILES string of the molecule is OCC(CO)(Cc1ccccc1)c1cccc(Cl)c1. The van der Waals surface area contributed by atoms with Gasteiger partial charge in [-0.05, 0) is 29.7 Å². The summed E-state index contributed by atoms with van der Waals surface area (Å²) in [5.41, 5.74) is 1.23. The molecule has 0 atom stereocenters. The summed E-state index contributed by atoms with van der Waals surface area (Å²) in [6.45, 7) is -0.253. The van der Waals surface area contributed by atoms with Gasteiger partial charge in [-0.15, -0.1) is 0 Å². The molecule has 0 spiro atoms. The normalized spacial score (nSPS) is 11.5. The molecule has 0 aromatic heterocycles. The molecule has 2 aromatic carbocycles. The lowest BCUT2D eigenvalue weighted by atomic mass is 9.77. The molecule has 2 nitrogen and oxygen atoms in total. The molecule has 0 radical (unpaired) electrons. The Morgan fingerprint density at radius 2 is 1.58 bits per heavy atom. The fourth-order valence-electron chi connectivity index (χ4n) is 2.25. The highest BCUT2D eigenvalue weighted by Gasteiger charge is 2.31. The first kappa shape index (κ1) is 14.1. The second kappa shape index (κ2) is 6.20. The topological polar surface area (TPSA) is 40.5 Å². The van der Waals surface area contributed by atoms with Gasteiger partial charge in [0.05, 0.1) is 13.2 Å². The van der Waals surface area contributed by atoms with Crippen molar-refractivity contribution in [1.82, 2.24) is 0 Å². The Balaban J connectivity index is 2.37. The van der Waals surface area contributed by atoms with Crippen LogP contribution in [0.4, 0.5) is 0 Å². The van der Waals surface area contributed by atoms with E-state index in [0.29, 0.717) is 11.4 Å². The monoisotopic (exact) mass is 276 g/mol. The maximum Gasteiger partial charge on any atom is 0.0553 e. The molecule has 2 rings (SSSR count). The summed E-state index contributed by atoms with van der Waals surface area (Å²) < 4.78 is 0. The Kier molecular flexibility index (Phi) is 4.59. The number of hydrogen-bond donors (Lipinski definition) is 2. The van der Waals surface area contributed by atoms with Gasteiger partial charge in [-0.3, -0.25) is 0 Å². The van der Waals surface area contributed by atoms with Gasteiger partial charge in [-0.1, -0.05) is 54.1 Å². The highest BCUT2D eigenvalue weighted by atomic mass is 35.5. The van der Waals surface area contributed by atoms with Crippen LogP contribution in [0.3, 0.4) is 0 Å². The Bertz CT molecular complexity index is 521. The maximum absolute atomic E-state index is 9.78. The zero-order valence-electron chi connectivity index (χ0n) is 10.6. The van der Waals surface area contributed by atoms with E-state index >= 15 is 0 Å². The second-order valence-electron chi connectivity index (χ2n) is 4.77. The summed E-state index contributed by atoms with van der Waals surface area (Å²) in [4.78, 5) is 0. The second-order valence-corrected chi connectivity index (χ2v) is 5.21. The van der Waals surface area contributed by atoms with Crippen molar-refractivity contribution >= 4 is 11.6 Å². The number of benzene rings is 2. The van der Waals surface area contributed by atoms with Gasteiger partial charge >= 0.3 is 0 Å². The van der Waals surface area contributed by atoms with E-state index in [4.69, 9.17) is 11.6 Å². The van der Waals surface area contributed by atoms with Gasteiger partial charge < -0.3 is 10.2 Å². The smallest absolute Gasteiger partial charge is 0.0553 e. The lowest BCUT2D eigenvalue weighted by Crippen LogP contribution is -2.37. The van der Waals surface area contributed by atoms with Crippen molar-refractivity contribution in [2.45, 2.75) is 11.8 Å². The van der Waals surface area contributed by atoms with E-state index in [-0.39, 0.29) is 13.2 Å². The minimum atomic E-state index is -0.702.